The Kier molecular flexibility index (Phi) is 5.29. The number of carbonyl (C=O) groups excluding carboxylic acids is 1. The van der Waals surface area contributed by atoms with Gasteiger partial charge in [-0.2, -0.15) is 0 Å². The zero-order valence-corrected chi connectivity index (χ0v) is 11.9. The molecule has 0 saturated carbocycles. The van der Waals surface area contributed by atoms with Crippen molar-refractivity contribution in [3.05, 3.63) is 28.8 Å². The Bertz CT molecular complexity index is 429. The third kappa shape index (κ3) is 3.30. The number of likely N-dealkylation sites (tertiary alicyclic amines) is 1. The topological polar surface area (TPSA) is 46.3 Å². The average molecular weight is 289 g/mol. The largest absolute Gasteiger partial charge is 0.399 e. The summed E-state index contributed by atoms with van der Waals surface area (Å²) in [6, 6.07) is 5.05. The Morgan fingerprint density at radius 1 is 1.39 bits per heavy atom. The minimum Gasteiger partial charge on any atom is -0.399 e. The molecule has 0 atom stereocenters. The number of anilines is 1. The van der Waals surface area contributed by atoms with Crippen LogP contribution in [0.1, 0.15) is 30.1 Å². The zero-order chi connectivity index (χ0) is 12.4. The van der Waals surface area contributed by atoms with Crippen molar-refractivity contribution in [3.8, 4) is 0 Å². The molecule has 1 aliphatic heterocycles. The number of halogens is 2. The summed E-state index contributed by atoms with van der Waals surface area (Å²) in [4.78, 5) is 14.1. The summed E-state index contributed by atoms with van der Waals surface area (Å²) in [5.41, 5.74) is 6.75. The number of benzene rings is 1. The second-order valence-corrected chi connectivity index (χ2v) is 5.12. The van der Waals surface area contributed by atoms with Gasteiger partial charge < -0.3 is 10.6 Å². The van der Waals surface area contributed by atoms with E-state index in [4.69, 9.17) is 17.3 Å². The molecule has 0 aliphatic carbocycles. The second kappa shape index (κ2) is 6.30. The molecule has 0 bridgehead atoms. The van der Waals surface area contributed by atoms with Crippen LogP contribution in [0.3, 0.4) is 0 Å². The van der Waals surface area contributed by atoms with Gasteiger partial charge in [-0.3, -0.25) is 4.79 Å². The van der Waals surface area contributed by atoms with Crippen molar-refractivity contribution in [2.45, 2.75) is 19.8 Å². The maximum absolute atomic E-state index is 12.2. The molecule has 1 aliphatic rings. The van der Waals surface area contributed by atoms with Crippen molar-refractivity contribution in [2.75, 3.05) is 18.8 Å². The van der Waals surface area contributed by atoms with Gasteiger partial charge in [0.15, 0.2) is 0 Å². The Morgan fingerprint density at radius 3 is 2.56 bits per heavy atom. The van der Waals surface area contributed by atoms with Gasteiger partial charge in [-0.25, -0.2) is 0 Å². The van der Waals surface area contributed by atoms with Gasteiger partial charge in [-0.1, -0.05) is 18.5 Å². The van der Waals surface area contributed by atoms with E-state index < -0.39 is 0 Å². The van der Waals surface area contributed by atoms with Crippen LogP contribution in [0.25, 0.3) is 0 Å². The Hall–Kier alpha value is -0.930. The lowest BCUT2D eigenvalue weighted by molar-refractivity contribution is 0.0697. The van der Waals surface area contributed by atoms with Gasteiger partial charge in [-0.05, 0) is 37.0 Å². The van der Waals surface area contributed by atoms with E-state index in [2.05, 4.69) is 6.92 Å². The van der Waals surface area contributed by atoms with Gasteiger partial charge in [0.05, 0.1) is 10.6 Å². The summed E-state index contributed by atoms with van der Waals surface area (Å²) in [6.45, 7) is 3.86. The highest BCUT2D eigenvalue weighted by atomic mass is 35.5. The SMILES string of the molecule is CC1CCN(C(=O)c2ccc(N)cc2Cl)CC1.Cl. The van der Waals surface area contributed by atoms with Crippen LogP contribution in [0.4, 0.5) is 5.69 Å². The summed E-state index contributed by atoms with van der Waals surface area (Å²) in [5, 5.41) is 0.439. The van der Waals surface area contributed by atoms with Crippen LogP contribution in [0, 0.1) is 5.92 Å². The van der Waals surface area contributed by atoms with Crippen LogP contribution in [0.5, 0.6) is 0 Å². The molecule has 3 nitrogen and oxygen atoms in total. The number of hydrogen-bond donors (Lipinski definition) is 1. The van der Waals surface area contributed by atoms with Crippen LogP contribution in [0.15, 0.2) is 18.2 Å². The van der Waals surface area contributed by atoms with Gasteiger partial charge in [0.1, 0.15) is 0 Å². The molecule has 0 spiro atoms. The maximum atomic E-state index is 12.2. The van der Waals surface area contributed by atoms with Crippen LogP contribution in [0.2, 0.25) is 5.02 Å². The van der Waals surface area contributed by atoms with E-state index in [9.17, 15) is 4.79 Å². The molecule has 100 valence electrons. The van der Waals surface area contributed by atoms with E-state index in [-0.39, 0.29) is 18.3 Å². The zero-order valence-electron chi connectivity index (χ0n) is 10.4. The molecule has 1 fully saturated rings. The number of piperidine rings is 1. The molecule has 1 amide bonds. The molecular formula is C13H18Cl2N2O. The molecule has 2 N–H and O–H groups in total. The number of carbonyl (C=O) groups is 1. The highest BCUT2D eigenvalue weighted by molar-refractivity contribution is 6.34. The summed E-state index contributed by atoms with van der Waals surface area (Å²) in [5.74, 6) is 0.725. The average Bonchev–Trinajstić information content (AvgIpc) is 2.29. The summed E-state index contributed by atoms with van der Waals surface area (Å²) < 4.78 is 0. The first-order chi connectivity index (χ1) is 8.08. The van der Waals surface area contributed by atoms with E-state index in [0.717, 1.165) is 25.9 Å². The van der Waals surface area contributed by atoms with Crippen LogP contribution in [-0.4, -0.2) is 23.9 Å². The smallest absolute Gasteiger partial charge is 0.255 e. The van der Waals surface area contributed by atoms with Gasteiger partial charge in [0, 0.05) is 18.8 Å². The Balaban J connectivity index is 0.00000162. The molecule has 1 aromatic carbocycles. The summed E-state index contributed by atoms with van der Waals surface area (Å²) in [6.07, 6.45) is 2.14. The molecule has 0 unspecified atom stereocenters. The Morgan fingerprint density at radius 2 is 2.00 bits per heavy atom. The standard InChI is InChI=1S/C13H17ClN2O.ClH/c1-9-4-6-16(7-5-9)13(17)11-3-2-10(15)8-12(11)14;/h2-3,8-9H,4-7,15H2,1H3;1H. The van der Waals surface area contributed by atoms with E-state index in [1.165, 1.54) is 0 Å². The lowest BCUT2D eigenvalue weighted by Crippen LogP contribution is -2.38. The first-order valence-corrected chi connectivity index (χ1v) is 6.30. The monoisotopic (exact) mass is 288 g/mol. The van der Waals surface area contributed by atoms with E-state index in [1.807, 2.05) is 4.90 Å². The minimum absolute atomic E-state index is 0. The molecule has 1 aromatic rings. The molecule has 2 rings (SSSR count). The molecule has 1 saturated heterocycles. The molecule has 0 aromatic heterocycles. The van der Waals surface area contributed by atoms with E-state index in [1.54, 1.807) is 18.2 Å². The normalized spacial score (nSPS) is 16.2. The van der Waals surface area contributed by atoms with Gasteiger partial charge in [0.25, 0.3) is 5.91 Å². The third-order valence-electron chi connectivity index (χ3n) is 3.29. The molecule has 1 heterocycles. The van der Waals surface area contributed by atoms with Crippen LogP contribution < -0.4 is 5.73 Å². The number of nitrogen functional groups attached to an aromatic ring is 1. The fourth-order valence-electron chi connectivity index (χ4n) is 2.09. The fraction of sp³-hybridized carbons (Fsp3) is 0.462. The first kappa shape index (κ1) is 15.1. The number of nitrogens with zero attached hydrogens (tertiary/aromatic N) is 1. The minimum atomic E-state index is 0. The molecule has 18 heavy (non-hydrogen) atoms. The van der Waals surface area contributed by atoms with Gasteiger partial charge in [-0.15, -0.1) is 12.4 Å². The summed E-state index contributed by atoms with van der Waals surface area (Å²) in [7, 11) is 0. The van der Waals surface area contributed by atoms with E-state index >= 15 is 0 Å². The Labute approximate surface area is 119 Å². The summed E-state index contributed by atoms with van der Waals surface area (Å²) >= 11 is 6.04. The van der Waals surface area contributed by atoms with Crippen molar-refractivity contribution < 1.29 is 4.79 Å². The number of rotatable bonds is 1. The maximum Gasteiger partial charge on any atom is 0.255 e. The lowest BCUT2D eigenvalue weighted by Gasteiger charge is -2.30. The van der Waals surface area contributed by atoms with Gasteiger partial charge in [0.2, 0.25) is 0 Å². The number of hydrogen-bond acceptors (Lipinski definition) is 2. The third-order valence-corrected chi connectivity index (χ3v) is 3.61. The van der Waals surface area contributed by atoms with Crippen LogP contribution >= 0.6 is 24.0 Å². The molecule has 5 heteroatoms. The van der Waals surface area contributed by atoms with Crippen molar-refractivity contribution >= 4 is 35.6 Å². The number of amides is 1. The lowest BCUT2D eigenvalue weighted by atomic mass is 9.98. The van der Waals surface area contributed by atoms with Gasteiger partial charge >= 0.3 is 0 Å². The van der Waals surface area contributed by atoms with E-state index in [0.29, 0.717) is 22.2 Å². The molecular weight excluding hydrogens is 271 g/mol. The fourth-order valence-corrected chi connectivity index (χ4v) is 2.36. The quantitative estimate of drug-likeness (QED) is 0.807. The first-order valence-electron chi connectivity index (χ1n) is 5.92. The predicted octanol–water partition coefficient (Wildman–Crippen LogP) is 3.22. The predicted molar refractivity (Wildman–Crippen MR) is 77.4 cm³/mol. The second-order valence-electron chi connectivity index (χ2n) is 4.71. The van der Waals surface area contributed by atoms with Crippen molar-refractivity contribution in [1.29, 1.82) is 0 Å². The molecule has 0 radical (unpaired) electrons. The van der Waals surface area contributed by atoms with Crippen LogP contribution in [-0.2, 0) is 0 Å². The van der Waals surface area contributed by atoms with Crippen molar-refractivity contribution in [1.82, 2.24) is 4.90 Å². The number of nitrogens with two attached hydrogens (primary N) is 1. The highest BCUT2D eigenvalue weighted by Crippen LogP contribution is 2.23. The van der Waals surface area contributed by atoms with Crippen molar-refractivity contribution in [3.63, 3.8) is 0 Å². The highest BCUT2D eigenvalue weighted by Gasteiger charge is 2.22. The van der Waals surface area contributed by atoms with Crippen molar-refractivity contribution in [2.24, 2.45) is 5.92 Å².